The van der Waals surface area contributed by atoms with Gasteiger partial charge in [-0.25, -0.2) is 9.97 Å². The third kappa shape index (κ3) is 2.45. The number of fused-ring (bicyclic) bond motifs is 3. The van der Waals surface area contributed by atoms with Gasteiger partial charge in [-0.05, 0) is 12.1 Å². The lowest BCUT2D eigenvalue weighted by Crippen LogP contribution is -2.19. The molecule has 128 valence electrons. The van der Waals surface area contributed by atoms with E-state index in [2.05, 4.69) is 9.97 Å². The Hall–Kier alpha value is -2.87. The number of methoxy groups -OCH3 is 1. The Morgan fingerprint density at radius 3 is 2.77 bits per heavy atom. The normalized spacial score (nSPS) is 11.2. The van der Waals surface area contributed by atoms with Crippen molar-refractivity contribution in [1.29, 1.82) is 0 Å². The first-order valence-electron chi connectivity index (χ1n) is 7.91. The van der Waals surface area contributed by atoms with Crippen LogP contribution in [-0.4, -0.2) is 43.6 Å². The van der Waals surface area contributed by atoms with E-state index in [1.807, 2.05) is 25.1 Å². The predicted octanol–water partition coefficient (Wildman–Crippen LogP) is 1.86. The first-order valence-corrected chi connectivity index (χ1v) is 8.73. The van der Waals surface area contributed by atoms with Crippen molar-refractivity contribution in [2.75, 3.05) is 26.1 Å². The van der Waals surface area contributed by atoms with Gasteiger partial charge in [0.05, 0.1) is 29.4 Å². The highest BCUT2D eigenvalue weighted by atomic mass is 32.1. The van der Waals surface area contributed by atoms with Crippen LogP contribution in [-0.2, 0) is 0 Å². The summed E-state index contributed by atoms with van der Waals surface area (Å²) in [7, 11) is 11.3. The zero-order valence-electron chi connectivity index (χ0n) is 14.6. The SMILES string of the molecule is [B]c1ccc(-n2cnc3c(sc4nccc(N(C)C)c43)c2=O)cc1OC. The van der Waals surface area contributed by atoms with E-state index in [1.165, 1.54) is 22.2 Å². The zero-order valence-corrected chi connectivity index (χ0v) is 15.4. The molecular formula is C18H15BN4O2S. The molecule has 0 saturated carbocycles. The minimum atomic E-state index is -0.144. The number of ether oxygens (including phenoxy) is 1. The molecule has 0 N–H and O–H groups in total. The molecule has 2 radical (unpaired) electrons. The number of thiophene rings is 1. The van der Waals surface area contributed by atoms with E-state index in [9.17, 15) is 4.79 Å². The van der Waals surface area contributed by atoms with Crippen molar-refractivity contribution < 1.29 is 4.74 Å². The first kappa shape index (κ1) is 16.6. The van der Waals surface area contributed by atoms with Crippen LogP contribution < -0.4 is 20.7 Å². The third-order valence-corrected chi connectivity index (χ3v) is 5.31. The van der Waals surface area contributed by atoms with Crippen molar-refractivity contribution in [1.82, 2.24) is 14.5 Å². The van der Waals surface area contributed by atoms with Crippen LogP contribution in [0.3, 0.4) is 0 Å². The summed E-state index contributed by atoms with van der Waals surface area (Å²) in [5, 5.41) is 0.900. The molecule has 0 bridgehead atoms. The molecule has 0 fully saturated rings. The second kappa shape index (κ2) is 6.14. The van der Waals surface area contributed by atoms with E-state index in [-0.39, 0.29) is 5.56 Å². The molecule has 6 nitrogen and oxygen atoms in total. The molecule has 4 rings (SSSR count). The monoisotopic (exact) mass is 362 g/mol. The summed E-state index contributed by atoms with van der Waals surface area (Å²) in [6.07, 6.45) is 3.28. The number of nitrogens with zero attached hydrogens (tertiary/aromatic N) is 4. The van der Waals surface area contributed by atoms with Crippen LogP contribution in [0.1, 0.15) is 0 Å². The third-order valence-electron chi connectivity index (χ3n) is 4.24. The van der Waals surface area contributed by atoms with Gasteiger partial charge >= 0.3 is 0 Å². The summed E-state index contributed by atoms with van der Waals surface area (Å²) in [5.41, 5.74) is 2.67. The summed E-state index contributed by atoms with van der Waals surface area (Å²) in [5.74, 6) is 0.516. The van der Waals surface area contributed by atoms with Gasteiger partial charge in [-0.1, -0.05) is 11.5 Å². The van der Waals surface area contributed by atoms with Gasteiger partial charge in [-0.2, -0.15) is 0 Å². The molecule has 0 aliphatic heterocycles. The highest BCUT2D eigenvalue weighted by molar-refractivity contribution is 7.25. The van der Waals surface area contributed by atoms with Gasteiger partial charge in [0.1, 0.15) is 29.5 Å². The van der Waals surface area contributed by atoms with Crippen LogP contribution in [0.4, 0.5) is 5.69 Å². The molecule has 26 heavy (non-hydrogen) atoms. The maximum Gasteiger partial charge on any atom is 0.275 e. The lowest BCUT2D eigenvalue weighted by atomic mass is 9.95. The molecule has 0 aliphatic rings. The van der Waals surface area contributed by atoms with Crippen LogP contribution in [0.2, 0.25) is 0 Å². The Morgan fingerprint density at radius 1 is 1.23 bits per heavy atom. The highest BCUT2D eigenvalue weighted by Crippen LogP contribution is 2.35. The van der Waals surface area contributed by atoms with Crippen LogP contribution in [0.5, 0.6) is 5.75 Å². The van der Waals surface area contributed by atoms with Crippen LogP contribution >= 0.6 is 11.3 Å². The molecule has 0 atom stereocenters. The Labute approximate surface area is 155 Å². The van der Waals surface area contributed by atoms with Gasteiger partial charge in [0, 0.05) is 26.4 Å². The van der Waals surface area contributed by atoms with Crippen LogP contribution in [0.15, 0.2) is 41.6 Å². The number of anilines is 1. The van der Waals surface area contributed by atoms with Gasteiger partial charge in [-0.15, -0.1) is 11.3 Å². The molecule has 3 heterocycles. The van der Waals surface area contributed by atoms with Gasteiger partial charge < -0.3 is 9.64 Å². The molecule has 4 aromatic rings. The van der Waals surface area contributed by atoms with Gasteiger partial charge in [0.25, 0.3) is 5.56 Å². The fourth-order valence-corrected chi connectivity index (χ4v) is 3.99. The minimum Gasteiger partial charge on any atom is -0.497 e. The van der Waals surface area contributed by atoms with Gasteiger partial charge in [-0.3, -0.25) is 9.36 Å². The molecule has 3 aromatic heterocycles. The summed E-state index contributed by atoms with van der Waals surface area (Å²) in [4.78, 5) is 24.8. The van der Waals surface area contributed by atoms with Crippen molar-refractivity contribution in [3.8, 4) is 11.4 Å². The van der Waals surface area contributed by atoms with E-state index in [0.717, 1.165) is 15.9 Å². The number of rotatable bonds is 3. The molecule has 0 saturated heterocycles. The fourth-order valence-electron chi connectivity index (χ4n) is 2.94. The van der Waals surface area contributed by atoms with E-state index in [4.69, 9.17) is 12.6 Å². The number of hydrogen-bond donors (Lipinski definition) is 0. The molecular weight excluding hydrogens is 347 g/mol. The van der Waals surface area contributed by atoms with Crippen molar-refractivity contribution in [3.05, 3.63) is 47.1 Å². The Morgan fingerprint density at radius 2 is 2.04 bits per heavy atom. The number of hydrogen-bond acceptors (Lipinski definition) is 6. The second-order valence-corrected chi connectivity index (χ2v) is 7.03. The van der Waals surface area contributed by atoms with Crippen molar-refractivity contribution in [2.24, 2.45) is 0 Å². The molecule has 0 spiro atoms. The molecule has 0 amide bonds. The van der Waals surface area contributed by atoms with E-state index in [0.29, 0.717) is 27.1 Å². The summed E-state index contributed by atoms with van der Waals surface area (Å²) >= 11 is 1.35. The lowest BCUT2D eigenvalue weighted by Gasteiger charge is -2.13. The zero-order chi connectivity index (χ0) is 18.4. The van der Waals surface area contributed by atoms with Crippen molar-refractivity contribution in [2.45, 2.75) is 0 Å². The van der Waals surface area contributed by atoms with E-state index >= 15 is 0 Å². The summed E-state index contributed by atoms with van der Waals surface area (Å²) < 4.78 is 7.32. The lowest BCUT2D eigenvalue weighted by molar-refractivity contribution is 0.418. The Balaban J connectivity index is 2.01. The molecule has 0 unspecified atom stereocenters. The fraction of sp³-hybridized carbons (Fsp3) is 0.167. The molecule has 0 aliphatic carbocycles. The summed E-state index contributed by atoms with van der Waals surface area (Å²) in [6, 6.07) is 7.12. The van der Waals surface area contributed by atoms with Gasteiger partial charge in [0.15, 0.2) is 0 Å². The number of pyridine rings is 1. The number of aromatic nitrogens is 3. The Kier molecular flexibility index (Phi) is 3.92. The average molecular weight is 362 g/mol. The predicted molar refractivity (Wildman–Crippen MR) is 107 cm³/mol. The minimum absolute atomic E-state index is 0.144. The van der Waals surface area contributed by atoms with E-state index < -0.39 is 0 Å². The highest BCUT2D eigenvalue weighted by Gasteiger charge is 2.17. The smallest absolute Gasteiger partial charge is 0.275 e. The van der Waals surface area contributed by atoms with Gasteiger partial charge in [0.2, 0.25) is 0 Å². The maximum absolute atomic E-state index is 13.1. The molecule has 8 heteroatoms. The summed E-state index contributed by atoms with van der Waals surface area (Å²) in [6.45, 7) is 0. The standard InChI is InChI=1S/C18H15BN4O2S/c1-22(2)12-6-7-20-17-14(12)15-16(26-17)18(24)23(9-21-15)10-4-5-11(19)13(8-10)25-3/h4-9H,1-3H3. The average Bonchev–Trinajstić information content (AvgIpc) is 3.02. The van der Waals surface area contributed by atoms with Crippen molar-refractivity contribution in [3.63, 3.8) is 0 Å². The van der Waals surface area contributed by atoms with Crippen molar-refractivity contribution >= 4 is 50.8 Å². The quantitative estimate of drug-likeness (QED) is 0.521. The first-order chi connectivity index (χ1) is 12.5. The van der Waals surface area contributed by atoms with Crippen LogP contribution in [0.25, 0.3) is 26.1 Å². The number of benzene rings is 1. The topological polar surface area (TPSA) is 60.2 Å². The largest absolute Gasteiger partial charge is 0.497 e. The van der Waals surface area contributed by atoms with E-state index in [1.54, 1.807) is 31.5 Å². The second-order valence-electron chi connectivity index (χ2n) is 6.03. The molecule has 1 aromatic carbocycles. The Bertz CT molecular complexity index is 1200. The van der Waals surface area contributed by atoms with Crippen LogP contribution in [0, 0.1) is 0 Å². The maximum atomic E-state index is 13.1.